The second kappa shape index (κ2) is 6.52. The average Bonchev–Trinajstić information content (AvgIpc) is 2.18. The summed E-state index contributed by atoms with van der Waals surface area (Å²) in [6, 6.07) is 1.15. The minimum atomic E-state index is -1.01. The molecule has 1 rings (SSSR count). The van der Waals surface area contributed by atoms with E-state index in [1.54, 1.807) is 0 Å². The zero-order chi connectivity index (χ0) is 12.9. The quantitative estimate of drug-likeness (QED) is 0.411. The van der Waals surface area contributed by atoms with Gasteiger partial charge in [0.2, 0.25) is 0 Å². The molecule has 2 atom stereocenters. The van der Waals surface area contributed by atoms with Crippen molar-refractivity contribution >= 4 is 21.6 Å². The van der Waals surface area contributed by atoms with Crippen molar-refractivity contribution in [2.75, 3.05) is 13.4 Å². The highest BCUT2D eigenvalue weighted by atomic mass is 28.3. The van der Waals surface area contributed by atoms with E-state index in [-0.39, 0.29) is 12.0 Å². The number of dihydropyridines is 1. The first-order valence-electron chi connectivity index (χ1n) is 6.06. The minimum Gasteiger partial charge on any atom is -0.356 e. The molecule has 17 heavy (non-hydrogen) atoms. The van der Waals surface area contributed by atoms with Crippen LogP contribution in [0.3, 0.4) is 0 Å². The zero-order valence-electron chi connectivity index (χ0n) is 11.3. The molecule has 0 fully saturated rings. The van der Waals surface area contributed by atoms with E-state index in [0.717, 1.165) is 18.4 Å². The fraction of sp³-hybridized carbons (Fsp3) is 0.750. The van der Waals surface area contributed by atoms with Gasteiger partial charge in [-0.05, 0) is 19.0 Å². The molecule has 3 nitrogen and oxygen atoms in total. The third-order valence-corrected chi connectivity index (χ3v) is 4.26. The van der Waals surface area contributed by atoms with E-state index in [9.17, 15) is 0 Å². The summed E-state index contributed by atoms with van der Waals surface area (Å²) in [6.07, 6.45) is 3.70. The van der Waals surface area contributed by atoms with E-state index >= 15 is 0 Å². The van der Waals surface area contributed by atoms with Crippen molar-refractivity contribution < 1.29 is 9.47 Å². The number of allylic oxidation sites excluding steroid dienone is 1. The standard InChI is InChI=1S/C12H22BNO2Si/c1-10-5-6-11(12(13)14-10)16-9-15-7-8-17(2,3)4/h5-6,11-12H,7-9H2,1-4H3. The SMILES string of the molecule is [B]C1N=C(C)C=CC1OCOCC[Si](C)(C)C. The molecule has 94 valence electrons. The van der Waals surface area contributed by atoms with Crippen LogP contribution in [0.25, 0.3) is 0 Å². The lowest BCUT2D eigenvalue weighted by molar-refractivity contribution is -0.0721. The van der Waals surface area contributed by atoms with Crippen LogP contribution >= 0.6 is 0 Å². The van der Waals surface area contributed by atoms with Crippen molar-refractivity contribution in [1.29, 1.82) is 0 Å². The third kappa shape index (κ3) is 6.19. The maximum atomic E-state index is 5.84. The maximum absolute atomic E-state index is 5.84. The molecule has 1 aliphatic rings. The van der Waals surface area contributed by atoms with Gasteiger partial charge in [-0.3, -0.25) is 4.99 Å². The van der Waals surface area contributed by atoms with Crippen molar-refractivity contribution in [3.05, 3.63) is 12.2 Å². The van der Waals surface area contributed by atoms with Crippen LogP contribution in [0, 0.1) is 0 Å². The van der Waals surface area contributed by atoms with Crippen LogP contribution in [0.15, 0.2) is 17.1 Å². The molecule has 0 saturated heterocycles. The molecular weight excluding hydrogens is 229 g/mol. The predicted octanol–water partition coefficient (Wildman–Crippen LogP) is 2.21. The molecule has 0 spiro atoms. The van der Waals surface area contributed by atoms with Gasteiger partial charge in [-0.15, -0.1) is 0 Å². The molecule has 0 saturated carbocycles. The average molecular weight is 251 g/mol. The first-order valence-corrected chi connectivity index (χ1v) is 9.77. The van der Waals surface area contributed by atoms with Crippen molar-refractivity contribution in [2.45, 2.75) is 44.7 Å². The molecule has 0 aliphatic carbocycles. The van der Waals surface area contributed by atoms with Gasteiger partial charge < -0.3 is 9.47 Å². The predicted molar refractivity (Wildman–Crippen MR) is 75.6 cm³/mol. The Morgan fingerprint density at radius 1 is 1.41 bits per heavy atom. The Labute approximate surface area is 107 Å². The lowest BCUT2D eigenvalue weighted by atomic mass is 9.89. The number of hydrogen-bond donors (Lipinski definition) is 0. The van der Waals surface area contributed by atoms with Crippen LogP contribution < -0.4 is 0 Å². The summed E-state index contributed by atoms with van der Waals surface area (Å²) in [5.74, 6) is -0.305. The van der Waals surface area contributed by atoms with Gasteiger partial charge in [-0.25, -0.2) is 0 Å². The number of nitrogens with zero attached hydrogens (tertiary/aromatic N) is 1. The van der Waals surface area contributed by atoms with Gasteiger partial charge in [0.25, 0.3) is 0 Å². The summed E-state index contributed by atoms with van der Waals surface area (Å²) >= 11 is 0. The largest absolute Gasteiger partial charge is 0.356 e. The fourth-order valence-corrected chi connectivity index (χ4v) is 2.17. The van der Waals surface area contributed by atoms with Gasteiger partial charge >= 0.3 is 0 Å². The highest BCUT2D eigenvalue weighted by Gasteiger charge is 2.17. The highest BCUT2D eigenvalue weighted by molar-refractivity contribution is 6.76. The van der Waals surface area contributed by atoms with Crippen LogP contribution in [0.4, 0.5) is 0 Å². The molecule has 2 unspecified atom stereocenters. The fourth-order valence-electron chi connectivity index (χ4n) is 1.42. The van der Waals surface area contributed by atoms with E-state index < -0.39 is 8.07 Å². The summed E-state index contributed by atoms with van der Waals surface area (Å²) < 4.78 is 11.0. The number of rotatable bonds is 6. The summed E-state index contributed by atoms with van der Waals surface area (Å²) in [6.45, 7) is 9.97. The molecule has 0 N–H and O–H groups in total. The van der Waals surface area contributed by atoms with Crippen LogP contribution in [0.5, 0.6) is 0 Å². The van der Waals surface area contributed by atoms with Crippen molar-refractivity contribution in [3.63, 3.8) is 0 Å². The Morgan fingerprint density at radius 2 is 2.12 bits per heavy atom. The number of hydrogen-bond acceptors (Lipinski definition) is 3. The Balaban J connectivity index is 2.14. The summed E-state index contributed by atoms with van der Waals surface area (Å²) in [7, 11) is 4.83. The molecule has 0 bridgehead atoms. The van der Waals surface area contributed by atoms with Gasteiger partial charge in [0.1, 0.15) is 14.6 Å². The molecule has 0 amide bonds. The van der Waals surface area contributed by atoms with Gasteiger partial charge in [0.05, 0.1) is 6.10 Å². The van der Waals surface area contributed by atoms with E-state index in [1.165, 1.54) is 0 Å². The van der Waals surface area contributed by atoms with Crippen LogP contribution in [0.2, 0.25) is 25.7 Å². The first kappa shape index (κ1) is 14.7. The first-order chi connectivity index (χ1) is 7.88. The van der Waals surface area contributed by atoms with Gasteiger partial charge in [0.15, 0.2) is 0 Å². The molecule has 5 heteroatoms. The topological polar surface area (TPSA) is 30.8 Å². The maximum Gasteiger partial charge on any atom is 0.147 e. The molecule has 0 aromatic heterocycles. The summed E-state index contributed by atoms with van der Waals surface area (Å²) in [5.41, 5.74) is 0.942. The van der Waals surface area contributed by atoms with Crippen LogP contribution in [-0.2, 0) is 9.47 Å². The lowest BCUT2D eigenvalue weighted by Gasteiger charge is -2.22. The smallest absolute Gasteiger partial charge is 0.147 e. The monoisotopic (exact) mass is 251 g/mol. The van der Waals surface area contributed by atoms with Crippen molar-refractivity contribution in [3.8, 4) is 0 Å². The third-order valence-electron chi connectivity index (χ3n) is 2.56. The minimum absolute atomic E-state index is 0.161. The molecule has 0 aromatic carbocycles. The van der Waals surface area contributed by atoms with Gasteiger partial charge in [-0.1, -0.05) is 25.7 Å². The zero-order valence-corrected chi connectivity index (χ0v) is 12.3. The summed E-state index contributed by atoms with van der Waals surface area (Å²) in [5, 5.41) is 0. The van der Waals surface area contributed by atoms with Crippen LogP contribution in [-0.4, -0.2) is 47.1 Å². The van der Waals surface area contributed by atoms with Gasteiger partial charge in [0, 0.05) is 26.3 Å². The molecule has 2 radical (unpaired) electrons. The lowest BCUT2D eigenvalue weighted by Crippen LogP contribution is -2.30. The number of ether oxygens (including phenoxy) is 2. The van der Waals surface area contributed by atoms with Gasteiger partial charge in [-0.2, -0.15) is 0 Å². The van der Waals surface area contributed by atoms with E-state index in [2.05, 4.69) is 24.6 Å². The van der Waals surface area contributed by atoms with Crippen LogP contribution in [0.1, 0.15) is 6.92 Å². The Bertz CT molecular complexity index is 299. The Kier molecular flexibility index (Phi) is 5.63. The van der Waals surface area contributed by atoms with E-state index in [0.29, 0.717) is 6.79 Å². The second-order valence-corrected chi connectivity index (χ2v) is 11.2. The molecule has 1 aliphatic heterocycles. The van der Waals surface area contributed by atoms with E-state index in [4.69, 9.17) is 17.3 Å². The molecule has 0 aromatic rings. The summed E-state index contributed by atoms with van der Waals surface area (Å²) in [4.78, 5) is 4.24. The Hall–Kier alpha value is -0.388. The molecular formula is C12H22BNO2Si. The number of aliphatic imine (C=N–C) groups is 1. The Morgan fingerprint density at radius 3 is 2.71 bits per heavy atom. The van der Waals surface area contributed by atoms with Crippen molar-refractivity contribution in [2.24, 2.45) is 4.99 Å². The highest BCUT2D eigenvalue weighted by Crippen LogP contribution is 2.10. The van der Waals surface area contributed by atoms with E-state index in [1.807, 2.05) is 19.1 Å². The molecule has 1 heterocycles. The van der Waals surface area contributed by atoms with Crippen molar-refractivity contribution in [1.82, 2.24) is 0 Å². The second-order valence-electron chi connectivity index (χ2n) is 5.59. The normalized spacial score (nSPS) is 24.8.